The van der Waals surface area contributed by atoms with Crippen molar-refractivity contribution >= 4 is 30.6 Å². The molecule has 3 nitrogen and oxygen atoms in total. The van der Waals surface area contributed by atoms with Gasteiger partial charge in [0.25, 0.3) is 0 Å². The molecule has 5 heteroatoms. The molecule has 9 heavy (non-hydrogen) atoms. The Morgan fingerprint density at radius 1 is 1.22 bits per heavy atom. The molecule has 0 unspecified atom stereocenters. The number of nitrogens with two attached hydrogens (primary N) is 2. The largest absolute Gasteiger partial charge is 0.330 e. The van der Waals surface area contributed by atoms with E-state index in [9.17, 15) is 4.79 Å². The molecule has 0 saturated heterocycles. The van der Waals surface area contributed by atoms with Crippen molar-refractivity contribution in [3.8, 4) is 0 Å². The molecule has 4 N–H and O–H groups in total. The monoisotopic (exact) mass is 174 g/mol. The minimum absolute atomic E-state index is 0. The van der Waals surface area contributed by atoms with Gasteiger partial charge in [0, 0.05) is 6.42 Å². The number of Topliss-reactive ketones (excluding diaryl/α,β-unsaturated/α-hetero) is 1. The summed E-state index contributed by atoms with van der Waals surface area (Å²) >= 11 is 0. The molecule has 0 saturated carbocycles. The minimum Gasteiger partial charge on any atom is -0.330 e. The highest BCUT2D eigenvalue weighted by atomic mass is 35.5. The van der Waals surface area contributed by atoms with E-state index in [4.69, 9.17) is 11.5 Å². The molecule has 0 aliphatic heterocycles. The number of rotatable bonds is 3. The number of carbonyl (C=O) groups is 1. The van der Waals surface area contributed by atoms with Crippen LogP contribution in [0.4, 0.5) is 0 Å². The summed E-state index contributed by atoms with van der Waals surface area (Å²) in [6.07, 6.45) is 0.413. The van der Waals surface area contributed by atoms with E-state index in [2.05, 4.69) is 0 Å². The first-order valence-corrected chi connectivity index (χ1v) is 2.23. The number of hydrogen-bond donors (Lipinski definition) is 2. The van der Waals surface area contributed by atoms with Crippen LogP contribution in [0.15, 0.2) is 0 Å². The predicted octanol–water partition coefficient (Wildman–Crippen LogP) is -0.293. The van der Waals surface area contributed by atoms with E-state index >= 15 is 0 Å². The standard InChI is InChI=1S/C4H10N2O.2ClH/c5-2-1-4(7)3-6;;/h1-3,5-6H2;2*1H. The van der Waals surface area contributed by atoms with Gasteiger partial charge in [0.1, 0.15) is 5.78 Å². The van der Waals surface area contributed by atoms with E-state index in [1.807, 2.05) is 0 Å². The van der Waals surface area contributed by atoms with Gasteiger partial charge in [-0.25, -0.2) is 0 Å². The van der Waals surface area contributed by atoms with Gasteiger partial charge in [0.15, 0.2) is 0 Å². The highest BCUT2D eigenvalue weighted by Gasteiger charge is 1.91. The van der Waals surface area contributed by atoms with Gasteiger partial charge in [-0.3, -0.25) is 4.79 Å². The van der Waals surface area contributed by atoms with Gasteiger partial charge in [0.05, 0.1) is 6.54 Å². The summed E-state index contributed by atoms with van der Waals surface area (Å²) in [5.74, 6) is 0.0301. The molecule has 0 rings (SSSR count). The average molecular weight is 175 g/mol. The first-order chi connectivity index (χ1) is 3.31. The van der Waals surface area contributed by atoms with Gasteiger partial charge in [-0.1, -0.05) is 0 Å². The van der Waals surface area contributed by atoms with Crippen LogP contribution in [-0.2, 0) is 4.79 Å². The van der Waals surface area contributed by atoms with Crippen LogP contribution in [0.5, 0.6) is 0 Å². The van der Waals surface area contributed by atoms with Gasteiger partial charge in [-0.2, -0.15) is 0 Å². The lowest BCUT2D eigenvalue weighted by atomic mass is 10.3. The molecule has 0 fully saturated rings. The topological polar surface area (TPSA) is 69.1 Å². The lowest BCUT2D eigenvalue weighted by Gasteiger charge is -1.87. The summed E-state index contributed by atoms with van der Waals surface area (Å²) in [7, 11) is 0. The fraction of sp³-hybridized carbons (Fsp3) is 0.750. The maximum Gasteiger partial charge on any atom is 0.147 e. The molecule has 0 atom stereocenters. The fourth-order valence-corrected chi connectivity index (χ4v) is 0.263. The molecule has 0 amide bonds. The first kappa shape index (κ1) is 16.1. The third-order valence-electron chi connectivity index (χ3n) is 0.651. The zero-order valence-corrected chi connectivity index (χ0v) is 6.63. The molecule has 0 aromatic carbocycles. The maximum absolute atomic E-state index is 10.2. The Hall–Kier alpha value is 0.170. The molecule has 0 aromatic heterocycles. The summed E-state index contributed by atoms with van der Waals surface area (Å²) in [6, 6.07) is 0. The van der Waals surface area contributed by atoms with Crippen LogP contribution >= 0.6 is 24.8 Å². The quantitative estimate of drug-likeness (QED) is 0.619. The van der Waals surface area contributed by atoms with Crippen LogP contribution in [0, 0.1) is 0 Å². The number of halogens is 2. The van der Waals surface area contributed by atoms with E-state index in [-0.39, 0.29) is 37.1 Å². The SMILES string of the molecule is Cl.Cl.NCCC(=O)CN. The lowest BCUT2D eigenvalue weighted by molar-refractivity contribution is -0.117. The summed E-state index contributed by atoms with van der Waals surface area (Å²) in [5.41, 5.74) is 9.98. The zero-order chi connectivity index (χ0) is 5.70. The third-order valence-corrected chi connectivity index (χ3v) is 0.651. The Morgan fingerprint density at radius 2 is 1.67 bits per heavy atom. The Labute approximate surface area is 67.0 Å². The normalized spacial score (nSPS) is 6.89. The van der Waals surface area contributed by atoms with Crippen LogP contribution in [0.3, 0.4) is 0 Å². The van der Waals surface area contributed by atoms with E-state index < -0.39 is 0 Å². The van der Waals surface area contributed by atoms with Gasteiger partial charge in [-0.05, 0) is 6.54 Å². The lowest BCUT2D eigenvalue weighted by Crippen LogP contribution is -2.16. The Kier molecular flexibility index (Phi) is 19.7. The molecule has 0 spiro atoms. The average Bonchev–Trinajstić information content (AvgIpc) is 1.68. The number of ketones is 1. The van der Waals surface area contributed by atoms with Gasteiger partial charge in [-0.15, -0.1) is 24.8 Å². The van der Waals surface area contributed by atoms with Crippen LogP contribution in [-0.4, -0.2) is 18.9 Å². The van der Waals surface area contributed by atoms with Crippen molar-refractivity contribution < 1.29 is 4.79 Å². The second kappa shape index (κ2) is 11.0. The van der Waals surface area contributed by atoms with Crippen molar-refractivity contribution in [2.45, 2.75) is 6.42 Å². The maximum atomic E-state index is 10.2. The Morgan fingerprint density at radius 3 is 1.78 bits per heavy atom. The zero-order valence-electron chi connectivity index (χ0n) is 5.00. The van der Waals surface area contributed by atoms with Crippen molar-refractivity contribution in [3.63, 3.8) is 0 Å². The molecule has 0 aromatic rings. The summed E-state index contributed by atoms with van der Waals surface area (Å²) in [5, 5.41) is 0. The summed E-state index contributed by atoms with van der Waals surface area (Å²) in [6.45, 7) is 0.535. The summed E-state index contributed by atoms with van der Waals surface area (Å²) in [4.78, 5) is 10.2. The molecule has 0 aliphatic carbocycles. The van der Waals surface area contributed by atoms with Crippen LogP contribution < -0.4 is 11.5 Å². The highest BCUT2D eigenvalue weighted by molar-refractivity contribution is 5.85. The second-order valence-corrected chi connectivity index (χ2v) is 1.28. The number of carbonyl (C=O) groups excluding carboxylic acids is 1. The van der Waals surface area contributed by atoms with Gasteiger partial charge >= 0.3 is 0 Å². The van der Waals surface area contributed by atoms with Crippen molar-refractivity contribution in [2.75, 3.05) is 13.1 Å². The molecular weight excluding hydrogens is 163 g/mol. The van der Waals surface area contributed by atoms with Gasteiger partial charge < -0.3 is 11.5 Å². The van der Waals surface area contributed by atoms with Crippen molar-refractivity contribution in [3.05, 3.63) is 0 Å². The molecular formula is C4H12Cl2N2O. The first-order valence-electron chi connectivity index (χ1n) is 2.23. The van der Waals surface area contributed by atoms with Crippen molar-refractivity contribution in [1.82, 2.24) is 0 Å². The second-order valence-electron chi connectivity index (χ2n) is 1.28. The smallest absolute Gasteiger partial charge is 0.147 e. The van der Waals surface area contributed by atoms with Crippen LogP contribution in [0.25, 0.3) is 0 Å². The highest BCUT2D eigenvalue weighted by Crippen LogP contribution is 1.72. The molecule has 58 valence electrons. The predicted molar refractivity (Wildman–Crippen MR) is 42.2 cm³/mol. The fourth-order valence-electron chi connectivity index (χ4n) is 0.263. The summed E-state index contributed by atoms with van der Waals surface area (Å²) < 4.78 is 0. The third kappa shape index (κ3) is 11.6. The van der Waals surface area contributed by atoms with E-state index in [1.54, 1.807) is 0 Å². The van der Waals surface area contributed by atoms with Crippen molar-refractivity contribution in [2.24, 2.45) is 11.5 Å². The molecule has 0 bridgehead atoms. The Bertz CT molecular complexity index is 69.6. The molecule has 0 heterocycles. The molecule has 0 radical (unpaired) electrons. The van der Waals surface area contributed by atoms with Crippen molar-refractivity contribution in [1.29, 1.82) is 0 Å². The van der Waals surface area contributed by atoms with E-state index in [1.165, 1.54) is 0 Å². The van der Waals surface area contributed by atoms with Gasteiger partial charge in [0.2, 0.25) is 0 Å². The van der Waals surface area contributed by atoms with Crippen LogP contribution in [0.1, 0.15) is 6.42 Å². The van der Waals surface area contributed by atoms with Crippen LogP contribution in [0.2, 0.25) is 0 Å². The minimum atomic E-state index is 0. The van der Waals surface area contributed by atoms with E-state index in [0.717, 1.165) is 0 Å². The van der Waals surface area contributed by atoms with E-state index in [0.29, 0.717) is 13.0 Å². The molecule has 0 aliphatic rings. The Balaban J connectivity index is -0.000000180. The number of hydrogen-bond acceptors (Lipinski definition) is 3.